The summed E-state index contributed by atoms with van der Waals surface area (Å²) in [4.78, 5) is 12.4. The Labute approximate surface area is 227 Å². The predicted molar refractivity (Wildman–Crippen MR) is 155 cm³/mol. The van der Waals surface area contributed by atoms with Crippen LogP contribution in [0.4, 0.5) is 4.79 Å². The van der Waals surface area contributed by atoms with Crippen molar-refractivity contribution in [1.82, 2.24) is 0 Å². The number of hydrogen-bond donors (Lipinski definition) is 0. The minimum absolute atomic E-state index is 0.0399. The van der Waals surface area contributed by atoms with E-state index in [0.717, 1.165) is 54.8 Å². The maximum absolute atomic E-state index is 12.4. The molecule has 3 fully saturated rings. The van der Waals surface area contributed by atoms with E-state index in [1.54, 1.807) is 5.57 Å². The molecule has 3 saturated carbocycles. The molecule has 0 unspecified atom stereocenters. The first-order valence-corrected chi connectivity index (χ1v) is 16.6. The van der Waals surface area contributed by atoms with Gasteiger partial charge in [-0.05, 0) is 116 Å². The molecule has 0 aromatic carbocycles. The van der Waals surface area contributed by atoms with Crippen molar-refractivity contribution in [2.75, 3.05) is 6.61 Å². The smallest absolute Gasteiger partial charge is 0.367 e. The molecule has 0 aromatic heterocycles. The number of allylic oxidation sites excluding steroid dienone is 2. The molecule has 2 nitrogen and oxygen atoms in total. The highest BCUT2D eigenvalue weighted by Crippen LogP contribution is 2.66. The lowest BCUT2D eigenvalue weighted by molar-refractivity contribution is -0.0244. The number of carbonyl (C=O) groups excluding carboxylic acids is 1. The van der Waals surface area contributed by atoms with Crippen molar-refractivity contribution in [2.45, 2.75) is 137 Å². The van der Waals surface area contributed by atoms with Crippen molar-refractivity contribution in [3.8, 4) is 0 Å². The molecule has 3 heteroatoms. The second kappa shape index (κ2) is 12.2. The van der Waals surface area contributed by atoms with Crippen LogP contribution in [-0.2, 0) is 4.74 Å². The summed E-state index contributed by atoms with van der Waals surface area (Å²) < 4.78 is 5.52. The van der Waals surface area contributed by atoms with Crippen LogP contribution >= 0.6 is 11.8 Å². The summed E-state index contributed by atoms with van der Waals surface area (Å²) in [6.07, 6.45) is 20.9. The average molecular weight is 517 g/mol. The molecule has 4 aliphatic carbocycles. The van der Waals surface area contributed by atoms with Crippen molar-refractivity contribution in [2.24, 2.45) is 46.3 Å². The first kappa shape index (κ1) is 28.6. The standard InChI is InChI=1S/C33H56O2S/c1-7-8-9-19-35-31(34)36-27-15-18-33(6)26(21-27)13-14-28-29(33)16-17-32(5)22-25(20-30(28)32)24(4)12-10-11-23(2)3/h13,23-25,27-30H,7-12,14-22H2,1-6H3/t24-,25+,27-,28-,29-,30+,32+,33+/m1/s1. The Morgan fingerprint density at radius 3 is 2.64 bits per heavy atom. The van der Waals surface area contributed by atoms with Crippen LogP contribution in [0.15, 0.2) is 11.6 Å². The van der Waals surface area contributed by atoms with Crippen LogP contribution in [0.3, 0.4) is 0 Å². The zero-order valence-electron chi connectivity index (χ0n) is 24.5. The zero-order chi connectivity index (χ0) is 25.9. The third-order valence-corrected chi connectivity index (χ3v) is 12.4. The van der Waals surface area contributed by atoms with Crippen LogP contribution in [-0.4, -0.2) is 17.2 Å². The fourth-order valence-electron chi connectivity index (χ4n) is 9.04. The first-order chi connectivity index (χ1) is 17.2. The number of hydrogen-bond acceptors (Lipinski definition) is 3. The highest BCUT2D eigenvalue weighted by molar-refractivity contribution is 8.13. The summed E-state index contributed by atoms with van der Waals surface area (Å²) in [6, 6.07) is 0. The highest BCUT2D eigenvalue weighted by Gasteiger charge is 2.57. The molecule has 4 aliphatic rings. The Morgan fingerprint density at radius 2 is 1.89 bits per heavy atom. The van der Waals surface area contributed by atoms with E-state index in [1.807, 2.05) is 0 Å². The number of thioether (sulfide) groups is 1. The molecule has 0 N–H and O–H groups in total. The number of carbonyl (C=O) groups is 1. The van der Waals surface area contributed by atoms with E-state index >= 15 is 0 Å². The zero-order valence-corrected chi connectivity index (χ0v) is 25.3. The van der Waals surface area contributed by atoms with Gasteiger partial charge in [-0.25, -0.2) is 4.79 Å². The second-order valence-corrected chi connectivity index (χ2v) is 15.5. The summed E-state index contributed by atoms with van der Waals surface area (Å²) in [5.41, 5.74) is 2.63. The maximum Gasteiger partial charge on any atom is 0.367 e. The van der Waals surface area contributed by atoms with Gasteiger partial charge in [0.1, 0.15) is 0 Å². The van der Waals surface area contributed by atoms with Crippen LogP contribution in [0.25, 0.3) is 0 Å². The van der Waals surface area contributed by atoms with E-state index in [1.165, 1.54) is 82.4 Å². The predicted octanol–water partition coefficient (Wildman–Crippen LogP) is 10.5. The van der Waals surface area contributed by atoms with Gasteiger partial charge in [-0.2, -0.15) is 0 Å². The number of rotatable bonds is 10. The SMILES string of the molecule is CCCCCOC(=O)S[C@@H]1CC[C@@]2(C)C(=CC[C@@H]3[C@H]2CC[C@@]2(C)C[C@@H]([C@H](C)CCCC(C)C)C[C@@H]32)C1. The second-order valence-electron chi connectivity index (χ2n) is 14.2. The number of fused-ring (bicyclic) bond motifs is 5. The molecule has 4 rings (SSSR count). The molecule has 0 spiro atoms. The van der Waals surface area contributed by atoms with Gasteiger partial charge < -0.3 is 4.74 Å². The maximum atomic E-state index is 12.4. The summed E-state index contributed by atoms with van der Waals surface area (Å²) in [5.74, 6) is 5.35. The third kappa shape index (κ3) is 6.23. The van der Waals surface area contributed by atoms with Gasteiger partial charge in [0.25, 0.3) is 0 Å². The molecule has 8 atom stereocenters. The average Bonchev–Trinajstić information content (AvgIpc) is 3.20. The largest absolute Gasteiger partial charge is 0.458 e. The van der Waals surface area contributed by atoms with E-state index in [9.17, 15) is 4.79 Å². The molecule has 0 aliphatic heterocycles. The Kier molecular flexibility index (Phi) is 9.65. The van der Waals surface area contributed by atoms with Crippen molar-refractivity contribution in [3.05, 3.63) is 11.6 Å². The molecule has 0 heterocycles. The molecule has 0 amide bonds. The molecule has 0 bridgehead atoms. The van der Waals surface area contributed by atoms with Crippen LogP contribution in [0.2, 0.25) is 0 Å². The lowest BCUT2D eigenvalue weighted by Crippen LogP contribution is -2.49. The van der Waals surface area contributed by atoms with E-state index in [-0.39, 0.29) is 5.30 Å². The summed E-state index contributed by atoms with van der Waals surface area (Å²) in [6.45, 7) is 15.3. The van der Waals surface area contributed by atoms with Crippen molar-refractivity contribution < 1.29 is 9.53 Å². The fourth-order valence-corrected chi connectivity index (χ4v) is 9.96. The Morgan fingerprint density at radius 1 is 1.08 bits per heavy atom. The molecule has 206 valence electrons. The number of unbranched alkanes of at least 4 members (excludes halogenated alkanes) is 2. The molecule has 36 heavy (non-hydrogen) atoms. The van der Waals surface area contributed by atoms with Gasteiger partial charge in [-0.15, -0.1) is 0 Å². The van der Waals surface area contributed by atoms with E-state index in [2.05, 4.69) is 47.6 Å². The fraction of sp³-hybridized carbons (Fsp3) is 0.909. The van der Waals surface area contributed by atoms with Crippen LogP contribution in [0, 0.1) is 46.3 Å². The van der Waals surface area contributed by atoms with Crippen molar-refractivity contribution in [3.63, 3.8) is 0 Å². The lowest BCUT2D eigenvalue weighted by Gasteiger charge is -2.57. The molecular weight excluding hydrogens is 460 g/mol. The van der Waals surface area contributed by atoms with E-state index in [0.29, 0.717) is 22.7 Å². The molecule has 0 saturated heterocycles. The Balaban J connectivity index is 1.36. The minimum atomic E-state index is -0.0399. The van der Waals surface area contributed by atoms with Crippen molar-refractivity contribution >= 4 is 17.1 Å². The van der Waals surface area contributed by atoms with Crippen molar-refractivity contribution in [1.29, 1.82) is 0 Å². The highest BCUT2D eigenvalue weighted by atomic mass is 32.2. The lowest BCUT2D eigenvalue weighted by atomic mass is 9.48. The summed E-state index contributed by atoms with van der Waals surface area (Å²) >= 11 is 1.49. The van der Waals surface area contributed by atoms with Gasteiger partial charge in [-0.1, -0.05) is 85.3 Å². The molecule has 0 aromatic rings. The molecular formula is C33H56O2S. The normalized spacial score (nSPS) is 38.6. The topological polar surface area (TPSA) is 26.3 Å². The van der Waals surface area contributed by atoms with Gasteiger partial charge in [-0.3, -0.25) is 0 Å². The van der Waals surface area contributed by atoms with Crippen LogP contribution in [0.1, 0.15) is 131 Å². The van der Waals surface area contributed by atoms with E-state index in [4.69, 9.17) is 4.74 Å². The van der Waals surface area contributed by atoms with Gasteiger partial charge in [0, 0.05) is 5.25 Å². The summed E-state index contributed by atoms with van der Waals surface area (Å²) in [5, 5.41) is 0.373. The Hall–Kier alpha value is -0.440. The molecule has 0 radical (unpaired) electrons. The van der Waals surface area contributed by atoms with Crippen LogP contribution < -0.4 is 0 Å². The van der Waals surface area contributed by atoms with E-state index < -0.39 is 0 Å². The third-order valence-electron chi connectivity index (χ3n) is 11.3. The van der Waals surface area contributed by atoms with Gasteiger partial charge in [0.05, 0.1) is 6.61 Å². The van der Waals surface area contributed by atoms with Gasteiger partial charge >= 0.3 is 5.30 Å². The minimum Gasteiger partial charge on any atom is -0.458 e. The number of ether oxygens (including phenoxy) is 1. The Bertz CT molecular complexity index is 774. The monoisotopic (exact) mass is 516 g/mol. The first-order valence-electron chi connectivity index (χ1n) is 15.7. The van der Waals surface area contributed by atoms with Gasteiger partial charge in [0.2, 0.25) is 0 Å². The van der Waals surface area contributed by atoms with Gasteiger partial charge in [0.15, 0.2) is 0 Å². The summed E-state index contributed by atoms with van der Waals surface area (Å²) in [7, 11) is 0. The quantitative estimate of drug-likeness (QED) is 0.164. The van der Waals surface area contributed by atoms with Crippen LogP contribution in [0.5, 0.6) is 0 Å².